The fourth-order valence-electron chi connectivity index (χ4n) is 3.45. The molecule has 1 aromatic heterocycles. The summed E-state index contributed by atoms with van der Waals surface area (Å²) in [6.07, 6.45) is 4.01. The summed E-state index contributed by atoms with van der Waals surface area (Å²) in [7, 11) is -2.52. The first kappa shape index (κ1) is 26.3. The second-order valence-corrected chi connectivity index (χ2v) is 11.7. The van der Waals surface area contributed by atoms with Crippen LogP contribution in [0.1, 0.15) is 28.9 Å². The molecule has 1 fully saturated rings. The highest BCUT2D eigenvalue weighted by molar-refractivity contribution is 14.1. The minimum atomic E-state index is -3.97. The van der Waals surface area contributed by atoms with E-state index in [0.717, 1.165) is 20.7 Å². The number of nitrogens with zero attached hydrogens (tertiary/aromatic N) is 2. The van der Waals surface area contributed by atoms with Crippen LogP contribution in [0.4, 0.5) is 17.1 Å². The molecule has 0 saturated heterocycles. The maximum absolute atomic E-state index is 13.5. The summed E-state index contributed by atoms with van der Waals surface area (Å²) in [6.45, 7) is 0.363. The Balaban J connectivity index is 1.64. The zero-order valence-electron chi connectivity index (χ0n) is 19.6. The number of nitrogens with one attached hydrogen (secondary N) is 2. The van der Waals surface area contributed by atoms with Crippen LogP contribution in [0, 0.1) is 9.49 Å². The fourth-order valence-corrected chi connectivity index (χ4v) is 5.02. The van der Waals surface area contributed by atoms with E-state index in [1.54, 1.807) is 12.1 Å². The van der Waals surface area contributed by atoms with E-state index in [1.807, 2.05) is 24.3 Å². The number of aliphatic hydroxyl groups excluding tert-OH is 1. The lowest BCUT2D eigenvalue weighted by Crippen LogP contribution is -2.28. The molecule has 0 unspecified atom stereocenters. The topological polar surface area (TPSA) is 121 Å². The van der Waals surface area contributed by atoms with Gasteiger partial charge in [-0.3, -0.25) is 18.9 Å². The molecule has 3 N–H and O–H groups in total. The van der Waals surface area contributed by atoms with Crippen molar-refractivity contribution in [1.29, 1.82) is 0 Å². The lowest BCUT2D eigenvalue weighted by molar-refractivity contribution is 0.0271. The first-order valence-electron chi connectivity index (χ1n) is 11.4. The van der Waals surface area contributed by atoms with Crippen LogP contribution in [-0.4, -0.2) is 44.7 Å². The van der Waals surface area contributed by atoms with Crippen LogP contribution in [0.2, 0.25) is 0 Å². The maximum Gasteiger partial charge on any atom is 0.276 e. The highest BCUT2D eigenvalue weighted by Gasteiger charge is 2.25. The van der Waals surface area contributed by atoms with Gasteiger partial charge < -0.3 is 10.4 Å². The molecule has 0 aliphatic heterocycles. The van der Waals surface area contributed by atoms with Gasteiger partial charge in [-0.05, 0) is 95.9 Å². The minimum absolute atomic E-state index is 0.00832. The summed E-state index contributed by atoms with van der Waals surface area (Å²) >= 11 is 2.19. The van der Waals surface area contributed by atoms with E-state index >= 15 is 0 Å². The van der Waals surface area contributed by atoms with E-state index in [1.165, 1.54) is 31.4 Å². The normalized spacial score (nSPS) is 13.3. The quantitative estimate of drug-likeness (QED) is 0.220. The third kappa shape index (κ3) is 6.52. The van der Waals surface area contributed by atoms with E-state index in [0.29, 0.717) is 41.7 Å². The van der Waals surface area contributed by atoms with Crippen molar-refractivity contribution in [2.24, 2.45) is 5.92 Å². The Morgan fingerprint density at radius 3 is 2.61 bits per heavy atom. The monoisotopic (exact) mass is 622 g/mol. The van der Waals surface area contributed by atoms with Gasteiger partial charge >= 0.3 is 0 Å². The van der Waals surface area contributed by atoms with Gasteiger partial charge in [-0.1, -0.05) is 0 Å². The van der Waals surface area contributed by atoms with Crippen LogP contribution in [-0.2, 0) is 21.3 Å². The standard InChI is InChI=1S/C25H27IN4O5S/c1-30(21-10-12-27-20(14-21)11-13-31)36(33,34)22-8-9-23(25(32)29-35-16-17-2-3-17)24(15-22)28-19-6-4-18(26)5-7-19/h4-10,12,14-15,17,28,31H,2-3,11,13,16H2,1H3,(H,29,32). The molecule has 4 rings (SSSR count). The van der Waals surface area contributed by atoms with Crippen LogP contribution in [0.25, 0.3) is 0 Å². The predicted molar refractivity (Wildman–Crippen MR) is 146 cm³/mol. The molecule has 9 nitrogen and oxygen atoms in total. The molecule has 1 heterocycles. The van der Waals surface area contributed by atoms with Gasteiger partial charge in [-0.2, -0.15) is 0 Å². The Hall–Kier alpha value is -2.74. The largest absolute Gasteiger partial charge is 0.396 e. The molecule has 36 heavy (non-hydrogen) atoms. The average Bonchev–Trinajstić information content (AvgIpc) is 3.69. The van der Waals surface area contributed by atoms with Crippen LogP contribution >= 0.6 is 22.6 Å². The van der Waals surface area contributed by atoms with Gasteiger partial charge in [-0.15, -0.1) is 0 Å². The Morgan fingerprint density at radius 1 is 1.17 bits per heavy atom. The molecule has 0 atom stereocenters. The minimum Gasteiger partial charge on any atom is -0.396 e. The van der Waals surface area contributed by atoms with Crippen molar-refractivity contribution in [1.82, 2.24) is 10.5 Å². The van der Waals surface area contributed by atoms with Crippen LogP contribution < -0.4 is 15.1 Å². The lowest BCUT2D eigenvalue weighted by Gasteiger charge is -2.21. The number of pyridine rings is 1. The van der Waals surface area contributed by atoms with Crippen molar-refractivity contribution in [2.75, 3.05) is 29.9 Å². The molecule has 11 heteroatoms. The number of amides is 1. The van der Waals surface area contributed by atoms with E-state index in [-0.39, 0.29) is 17.1 Å². The molecule has 1 aliphatic rings. The summed E-state index contributed by atoms with van der Waals surface area (Å²) in [5.41, 5.74) is 4.74. The second-order valence-electron chi connectivity index (χ2n) is 8.48. The van der Waals surface area contributed by atoms with Gasteiger partial charge in [-0.25, -0.2) is 13.9 Å². The van der Waals surface area contributed by atoms with E-state index in [4.69, 9.17) is 4.84 Å². The second kappa shape index (κ2) is 11.5. The number of hydroxylamine groups is 1. The molecule has 0 bridgehead atoms. The van der Waals surface area contributed by atoms with Gasteiger partial charge in [0.15, 0.2) is 0 Å². The third-order valence-corrected chi connectivity index (χ3v) is 8.23. The van der Waals surface area contributed by atoms with Crippen LogP contribution in [0.5, 0.6) is 0 Å². The molecule has 2 aromatic carbocycles. The Bertz CT molecular complexity index is 1330. The Labute approximate surface area is 224 Å². The Morgan fingerprint density at radius 2 is 1.92 bits per heavy atom. The number of hydrogen-bond acceptors (Lipinski definition) is 7. The van der Waals surface area contributed by atoms with Crippen molar-refractivity contribution in [2.45, 2.75) is 24.2 Å². The van der Waals surface area contributed by atoms with Crippen LogP contribution in [0.3, 0.4) is 0 Å². The molecule has 0 radical (unpaired) electrons. The third-order valence-electron chi connectivity index (χ3n) is 5.73. The van der Waals surface area contributed by atoms with E-state index in [2.05, 4.69) is 38.4 Å². The number of carbonyl (C=O) groups excluding carboxylic acids is 1. The first-order valence-corrected chi connectivity index (χ1v) is 13.9. The van der Waals surface area contributed by atoms with Crippen molar-refractivity contribution in [3.05, 3.63) is 75.6 Å². The van der Waals surface area contributed by atoms with Gasteiger partial charge in [0, 0.05) is 41.2 Å². The summed E-state index contributed by atoms with van der Waals surface area (Å²) in [6, 6.07) is 15.0. The average molecular weight is 622 g/mol. The van der Waals surface area contributed by atoms with Crippen molar-refractivity contribution < 1.29 is 23.2 Å². The predicted octanol–water partition coefficient (Wildman–Crippen LogP) is 3.86. The van der Waals surface area contributed by atoms with Gasteiger partial charge in [0.1, 0.15) is 0 Å². The number of aliphatic hydroxyl groups is 1. The summed E-state index contributed by atoms with van der Waals surface area (Å²) < 4.78 is 29.2. The number of hydrogen-bond donors (Lipinski definition) is 3. The van der Waals surface area contributed by atoms with Gasteiger partial charge in [0.25, 0.3) is 15.9 Å². The highest BCUT2D eigenvalue weighted by Crippen LogP contribution is 2.30. The number of sulfonamides is 1. The zero-order valence-corrected chi connectivity index (χ0v) is 22.6. The van der Waals surface area contributed by atoms with Crippen molar-refractivity contribution in [3.8, 4) is 0 Å². The fraction of sp³-hybridized carbons (Fsp3) is 0.280. The molecule has 190 valence electrons. The van der Waals surface area contributed by atoms with Crippen molar-refractivity contribution >= 4 is 55.6 Å². The number of aromatic nitrogens is 1. The Kier molecular flexibility index (Phi) is 8.44. The summed E-state index contributed by atoms with van der Waals surface area (Å²) in [5.74, 6) is 0.00701. The smallest absolute Gasteiger partial charge is 0.276 e. The molecule has 1 saturated carbocycles. The molecule has 1 aliphatic carbocycles. The number of halogens is 1. The first-order chi connectivity index (χ1) is 17.3. The maximum atomic E-state index is 13.5. The number of benzene rings is 2. The molecular weight excluding hydrogens is 595 g/mol. The summed E-state index contributed by atoms with van der Waals surface area (Å²) in [4.78, 5) is 22.4. The molecule has 3 aromatic rings. The van der Waals surface area contributed by atoms with E-state index in [9.17, 15) is 18.3 Å². The van der Waals surface area contributed by atoms with Gasteiger partial charge in [0.05, 0.1) is 28.4 Å². The van der Waals surface area contributed by atoms with Gasteiger partial charge in [0.2, 0.25) is 0 Å². The zero-order chi connectivity index (χ0) is 25.7. The molecule has 0 spiro atoms. The van der Waals surface area contributed by atoms with Crippen molar-refractivity contribution in [3.63, 3.8) is 0 Å². The number of anilines is 3. The number of rotatable bonds is 11. The molecular formula is C25H27IN4O5S. The number of carbonyl (C=O) groups is 1. The summed E-state index contributed by atoms with van der Waals surface area (Å²) in [5, 5.41) is 12.4. The van der Waals surface area contributed by atoms with E-state index < -0.39 is 15.9 Å². The SMILES string of the molecule is CN(c1ccnc(CCO)c1)S(=O)(=O)c1ccc(C(=O)NOCC2CC2)c(Nc2ccc(I)cc2)c1. The lowest BCUT2D eigenvalue weighted by atomic mass is 10.1. The molecule has 1 amide bonds. The van der Waals surface area contributed by atoms with Crippen LogP contribution in [0.15, 0.2) is 65.7 Å². The highest BCUT2D eigenvalue weighted by atomic mass is 127.